The molecule has 0 saturated heterocycles. The second-order valence-corrected chi connectivity index (χ2v) is 6.86. The number of thioether (sulfide) groups is 1. The van der Waals surface area contributed by atoms with Gasteiger partial charge in [-0.3, -0.25) is 9.79 Å². The first kappa shape index (κ1) is 20.0. The normalized spacial score (nSPS) is 17.3. The molecule has 2 atom stereocenters. The third-order valence-electron chi connectivity index (χ3n) is 3.64. The first-order chi connectivity index (χ1) is 12.4. The molecule has 1 aromatic rings. The fourth-order valence-electron chi connectivity index (χ4n) is 2.44. The summed E-state index contributed by atoms with van der Waals surface area (Å²) in [6.07, 6.45) is 2.98. The fourth-order valence-corrected chi connectivity index (χ4v) is 3.40. The number of hydrogen-bond acceptors (Lipinski definition) is 7. The molecule has 0 aliphatic carbocycles. The lowest BCUT2D eigenvalue weighted by atomic mass is 10.1. The quantitative estimate of drug-likeness (QED) is 0.508. The van der Waals surface area contributed by atoms with Crippen LogP contribution >= 0.6 is 11.8 Å². The Hall–Kier alpha value is -2.35. The zero-order chi connectivity index (χ0) is 19.1. The van der Waals surface area contributed by atoms with E-state index in [1.165, 1.54) is 17.8 Å². The van der Waals surface area contributed by atoms with E-state index in [0.29, 0.717) is 34.4 Å². The van der Waals surface area contributed by atoms with Crippen LogP contribution in [0.4, 0.5) is 0 Å². The number of nitrogens with zero attached hydrogens (tertiary/aromatic N) is 1. The van der Waals surface area contributed by atoms with E-state index in [1.54, 1.807) is 19.1 Å². The summed E-state index contributed by atoms with van der Waals surface area (Å²) in [6.45, 7) is 7.48. The highest BCUT2D eigenvalue weighted by Crippen LogP contribution is 2.24. The summed E-state index contributed by atoms with van der Waals surface area (Å²) >= 11 is 1.40. The predicted molar refractivity (Wildman–Crippen MR) is 104 cm³/mol. The van der Waals surface area contributed by atoms with Crippen molar-refractivity contribution in [3.8, 4) is 5.75 Å². The first-order valence-corrected chi connectivity index (χ1v) is 9.38. The molecule has 2 rings (SSSR count). The number of ether oxygens (including phenoxy) is 1. The number of hydrogen-bond donors (Lipinski definition) is 2. The second-order valence-electron chi connectivity index (χ2n) is 5.85. The Morgan fingerprint density at radius 3 is 3.00 bits per heavy atom. The van der Waals surface area contributed by atoms with Gasteiger partial charge < -0.3 is 19.9 Å². The second kappa shape index (κ2) is 9.38. The molecule has 2 heterocycles. The summed E-state index contributed by atoms with van der Waals surface area (Å²) in [5, 5.41) is 11.1. The van der Waals surface area contributed by atoms with Crippen molar-refractivity contribution in [2.24, 2.45) is 4.99 Å². The molecule has 0 aromatic carbocycles. The number of carbonyl (C=O) groups is 1. The van der Waals surface area contributed by atoms with E-state index in [-0.39, 0.29) is 12.5 Å². The van der Waals surface area contributed by atoms with E-state index in [2.05, 4.69) is 16.9 Å². The van der Waals surface area contributed by atoms with Crippen LogP contribution in [0.2, 0.25) is 0 Å². The highest BCUT2D eigenvalue weighted by molar-refractivity contribution is 8.16. The third kappa shape index (κ3) is 5.32. The van der Waals surface area contributed by atoms with E-state index in [0.717, 1.165) is 6.42 Å². The highest BCUT2D eigenvalue weighted by Gasteiger charge is 2.28. The molecule has 1 aromatic heterocycles. The van der Waals surface area contributed by atoms with Crippen LogP contribution < -0.4 is 15.7 Å². The van der Waals surface area contributed by atoms with Crippen molar-refractivity contribution in [3.63, 3.8) is 0 Å². The third-order valence-corrected chi connectivity index (χ3v) is 4.81. The Kier molecular flexibility index (Phi) is 7.20. The maximum absolute atomic E-state index is 12.5. The van der Waals surface area contributed by atoms with E-state index in [4.69, 9.17) is 14.6 Å². The van der Waals surface area contributed by atoms with Crippen molar-refractivity contribution in [3.05, 3.63) is 41.0 Å². The van der Waals surface area contributed by atoms with Gasteiger partial charge in [0.2, 0.25) is 5.91 Å². The summed E-state index contributed by atoms with van der Waals surface area (Å²) in [5.74, 6) is 0.989. The van der Waals surface area contributed by atoms with Gasteiger partial charge in [0.1, 0.15) is 29.2 Å². The fraction of sp³-hybridized carbons (Fsp3) is 0.444. The van der Waals surface area contributed by atoms with Gasteiger partial charge in [0, 0.05) is 11.8 Å². The van der Waals surface area contributed by atoms with Crippen molar-refractivity contribution in [2.75, 3.05) is 12.4 Å². The van der Waals surface area contributed by atoms with Crippen molar-refractivity contribution in [2.45, 2.75) is 38.8 Å². The molecular formula is C18H23N3O4S. The summed E-state index contributed by atoms with van der Waals surface area (Å²) in [6, 6.07) is 1.89. The molecule has 0 bridgehead atoms. The Labute approximate surface area is 156 Å². The van der Waals surface area contributed by atoms with Crippen LogP contribution in [-0.4, -0.2) is 35.1 Å². The molecule has 7 nitrogen and oxygen atoms in total. The van der Waals surface area contributed by atoms with Crippen molar-refractivity contribution in [1.29, 1.82) is 5.41 Å². The Balaban J connectivity index is 2.17. The van der Waals surface area contributed by atoms with Gasteiger partial charge in [-0.05, 0) is 13.3 Å². The maximum Gasteiger partial charge on any atom is 0.339 e. The van der Waals surface area contributed by atoms with Gasteiger partial charge in [0.05, 0.1) is 17.8 Å². The number of rotatable bonds is 9. The van der Waals surface area contributed by atoms with Crippen LogP contribution in [0.3, 0.4) is 0 Å². The molecule has 1 aliphatic rings. The van der Waals surface area contributed by atoms with Gasteiger partial charge >= 0.3 is 5.63 Å². The summed E-state index contributed by atoms with van der Waals surface area (Å²) in [4.78, 5) is 28.6. The summed E-state index contributed by atoms with van der Waals surface area (Å²) in [7, 11) is 0. The molecule has 1 aliphatic heterocycles. The Morgan fingerprint density at radius 2 is 2.38 bits per heavy atom. The van der Waals surface area contributed by atoms with Crippen LogP contribution in [0.15, 0.2) is 39.0 Å². The SMILES string of the molecule is C=CCOc1cc([C@@H](CCC)NC(=O)C2CSC(C(C)=N)=N2)oc(=O)c1. The number of aliphatic imine (C=N–C) groups is 1. The van der Waals surface area contributed by atoms with Crippen LogP contribution in [0.1, 0.15) is 38.5 Å². The molecule has 0 spiro atoms. The largest absolute Gasteiger partial charge is 0.489 e. The molecule has 0 saturated carbocycles. The highest BCUT2D eigenvalue weighted by atomic mass is 32.2. The van der Waals surface area contributed by atoms with Crippen LogP contribution in [0.25, 0.3) is 0 Å². The molecule has 1 amide bonds. The van der Waals surface area contributed by atoms with Gasteiger partial charge in [-0.1, -0.05) is 26.0 Å². The number of nitrogens with one attached hydrogen (secondary N) is 2. The first-order valence-electron chi connectivity index (χ1n) is 8.39. The number of amides is 1. The monoisotopic (exact) mass is 377 g/mol. The van der Waals surface area contributed by atoms with Crippen molar-refractivity contribution in [1.82, 2.24) is 5.32 Å². The molecule has 140 valence electrons. The topological polar surface area (TPSA) is 105 Å². The molecule has 2 N–H and O–H groups in total. The zero-order valence-corrected chi connectivity index (χ0v) is 15.7. The van der Waals surface area contributed by atoms with Gasteiger partial charge in [0.25, 0.3) is 0 Å². The zero-order valence-electron chi connectivity index (χ0n) is 14.9. The maximum atomic E-state index is 12.5. The average molecular weight is 377 g/mol. The lowest BCUT2D eigenvalue weighted by Gasteiger charge is -2.19. The Bertz CT molecular complexity index is 772. The summed E-state index contributed by atoms with van der Waals surface area (Å²) < 4.78 is 10.7. The molecule has 0 radical (unpaired) electrons. The minimum Gasteiger partial charge on any atom is -0.489 e. The standard InChI is InChI=1S/C18H23N3O4S/c1-4-6-13(15-8-12(24-7-5-2)9-16(22)25-15)20-17(23)14-10-26-18(21-14)11(3)19/h5,8-9,13-14,19H,2,4,6-7,10H2,1,3H3,(H,20,23)/t13-,14?/m1/s1. The van der Waals surface area contributed by atoms with E-state index in [1.807, 2.05) is 6.92 Å². The molecule has 1 unspecified atom stereocenters. The van der Waals surface area contributed by atoms with Gasteiger partial charge in [-0.2, -0.15) is 0 Å². The van der Waals surface area contributed by atoms with Gasteiger partial charge in [0.15, 0.2) is 0 Å². The molecular weight excluding hydrogens is 354 g/mol. The van der Waals surface area contributed by atoms with E-state index >= 15 is 0 Å². The van der Waals surface area contributed by atoms with Crippen LogP contribution in [-0.2, 0) is 4.79 Å². The minimum absolute atomic E-state index is 0.243. The predicted octanol–water partition coefficient (Wildman–Crippen LogP) is 2.72. The van der Waals surface area contributed by atoms with Crippen LogP contribution in [0, 0.1) is 5.41 Å². The Morgan fingerprint density at radius 1 is 1.62 bits per heavy atom. The van der Waals surface area contributed by atoms with Gasteiger partial charge in [-0.15, -0.1) is 11.8 Å². The minimum atomic E-state index is -0.540. The van der Waals surface area contributed by atoms with Crippen LogP contribution in [0.5, 0.6) is 5.75 Å². The number of carbonyl (C=O) groups excluding carboxylic acids is 1. The molecule has 8 heteroatoms. The van der Waals surface area contributed by atoms with E-state index < -0.39 is 17.7 Å². The summed E-state index contributed by atoms with van der Waals surface area (Å²) in [5.41, 5.74) is -0.179. The molecule has 0 fully saturated rings. The smallest absolute Gasteiger partial charge is 0.339 e. The van der Waals surface area contributed by atoms with Crippen molar-refractivity contribution >= 4 is 28.4 Å². The lowest BCUT2D eigenvalue weighted by Crippen LogP contribution is -2.37. The van der Waals surface area contributed by atoms with Crippen molar-refractivity contribution < 1.29 is 13.9 Å². The van der Waals surface area contributed by atoms with E-state index in [9.17, 15) is 9.59 Å². The lowest BCUT2D eigenvalue weighted by molar-refractivity contribution is -0.122. The van der Waals surface area contributed by atoms with Gasteiger partial charge in [-0.25, -0.2) is 4.79 Å². The average Bonchev–Trinajstić information content (AvgIpc) is 3.09. The molecule has 26 heavy (non-hydrogen) atoms.